The SMILES string of the molecule is Cc1ccc(C(O)=C2C(=O)C(=O)N(c3cc(C)on3)[C@H]2c2ccncc2)cc1. The summed E-state index contributed by atoms with van der Waals surface area (Å²) in [4.78, 5) is 30.9. The number of benzene rings is 1. The number of pyridine rings is 1. The van der Waals surface area contributed by atoms with Crippen LogP contribution < -0.4 is 4.90 Å². The smallest absolute Gasteiger partial charge is 0.301 e. The molecule has 3 heterocycles. The van der Waals surface area contributed by atoms with Gasteiger partial charge < -0.3 is 9.63 Å². The van der Waals surface area contributed by atoms with Crippen LogP contribution in [-0.4, -0.2) is 26.9 Å². The molecular weight excluding hydrogens is 358 g/mol. The first-order chi connectivity index (χ1) is 13.5. The number of anilines is 1. The Morgan fingerprint density at radius 1 is 1.07 bits per heavy atom. The second-order valence-corrected chi connectivity index (χ2v) is 6.61. The number of aliphatic hydroxyl groups is 1. The number of amides is 1. The number of hydrogen-bond donors (Lipinski definition) is 1. The number of aryl methyl sites for hydroxylation is 2. The number of aliphatic hydroxyl groups excluding tert-OH is 1. The van der Waals surface area contributed by atoms with Crippen molar-refractivity contribution in [3.05, 3.63) is 82.9 Å². The summed E-state index contributed by atoms with van der Waals surface area (Å²) < 4.78 is 5.09. The number of carbonyl (C=O) groups is 2. The fraction of sp³-hybridized carbons (Fsp3) is 0.143. The molecule has 0 bridgehead atoms. The Bertz CT molecular complexity index is 1080. The second-order valence-electron chi connectivity index (χ2n) is 6.61. The van der Waals surface area contributed by atoms with Gasteiger partial charge in [-0.2, -0.15) is 0 Å². The molecule has 1 fully saturated rings. The van der Waals surface area contributed by atoms with Crippen LogP contribution in [0.4, 0.5) is 5.82 Å². The van der Waals surface area contributed by atoms with Gasteiger partial charge in [-0.3, -0.25) is 19.5 Å². The molecule has 1 aliphatic rings. The third kappa shape index (κ3) is 2.87. The fourth-order valence-electron chi connectivity index (χ4n) is 3.26. The molecule has 0 aliphatic carbocycles. The van der Waals surface area contributed by atoms with Crippen LogP contribution in [0.1, 0.15) is 28.5 Å². The van der Waals surface area contributed by atoms with E-state index in [-0.39, 0.29) is 17.2 Å². The van der Waals surface area contributed by atoms with Crippen molar-refractivity contribution in [2.45, 2.75) is 19.9 Å². The normalized spacial score (nSPS) is 18.6. The van der Waals surface area contributed by atoms with Crippen LogP contribution >= 0.6 is 0 Å². The minimum Gasteiger partial charge on any atom is -0.507 e. The lowest BCUT2D eigenvalue weighted by atomic mass is 9.95. The van der Waals surface area contributed by atoms with E-state index in [0.29, 0.717) is 16.9 Å². The van der Waals surface area contributed by atoms with Crippen LogP contribution in [0.5, 0.6) is 0 Å². The quantitative estimate of drug-likeness (QED) is 0.429. The van der Waals surface area contributed by atoms with Gasteiger partial charge in [-0.15, -0.1) is 0 Å². The monoisotopic (exact) mass is 375 g/mol. The maximum absolute atomic E-state index is 12.9. The Labute approximate surface area is 160 Å². The average Bonchev–Trinajstić information content (AvgIpc) is 3.24. The van der Waals surface area contributed by atoms with E-state index in [1.807, 2.05) is 19.1 Å². The molecule has 1 N–H and O–H groups in total. The molecule has 28 heavy (non-hydrogen) atoms. The van der Waals surface area contributed by atoms with E-state index >= 15 is 0 Å². The number of rotatable bonds is 3. The summed E-state index contributed by atoms with van der Waals surface area (Å²) in [6.45, 7) is 3.62. The third-order valence-electron chi connectivity index (χ3n) is 4.65. The van der Waals surface area contributed by atoms with Crippen molar-refractivity contribution < 1.29 is 19.2 Å². The summed E-state index contributed by atoms with van der Waals surface area (Å²) in [6, 6.07) is 11.2. The van der Waals surface area contributed by atoms with Crippen LogP contribution in [-0.2, 0) is 9.59 Å². The molecule has 4 rings (SSSR count). The van der Waals surface area contributed by atoms with Crippen molar-refractivity contribution in [3.8, 4) is 0 Å². The van der Waals surface area contributed by atoms with Crippen molar-refractivity contribution in [1.82, 2.24) is 10.1 Å². The zero-order chi connectivity index (χ0) is 19.8. The van der Waals surface area contributed by atoms with E-state index in [1.54, 1.807) is 49.6 Å². The highest BCUT2D eigenvalue weighted by atomic mass is 16.5. The molecule has 0 radical (unpaired) electrons. The minimum absolute atomic E-state index is 0.000654. The van der Waals surface area contributed by atoms with Gasteiger partial charge in [-0.1, -0.05) is 35.0 Å². The maximum Gasteiger partial charge on any atom is 0.301 e. The predicted molar refractivity (Wildman–Crippen MR) is 101 cm³/mol. The summed E-state index contributed by atoms with van der Waals surface area (Å²) >= 11 is 0. The van der Waals surface area contributed by atoms with E-state index < -0.39 is 17.7 Å². The number of Topliss-reactive ketones (excluding diaryl/α,β-unsaturated/α-hetero) is 1. The molecule has 1 aliphatic heterocycles. The van der Waals surface area contributed by atoms with Gasteiger partial charge in [0.1, 0.15) is 11.5 Å². The minimum atomic E-state index is -0.839. The van der Waals surface area contributed by atoms with E-state index in [2.05, 4.69) is 10.1 Å². The van der Waals surface area contributed by atoms with Crippen molar-refractivity contribution in [2.75, 3.05) is 4.90 Å². The molecule has 7 nitrogen and oxygen atoms in total. The predicted octanol–water partition coefficient (Wildman–Crippen LogP) is 3.31. The third-order valence-corrected chi connectivity index (χ3v) is 4.65. The van der Waals surface area contributed by atoms with E-state index in [9.17, 15) is 14.7 Å². The number of nitrogens with zero attached hydrogens (tertiary/aromatic N) is 3. The number of ketones is 1. The molecule has 7 heteroatoms. The molecule has 0 saturated carbocycles. The van der Waals surface area contributed by atoms with Gasteiger partial charge in [-0.25, -0.2) is 0 Å². The molecule has 1 atom stereocenters. The Morgan fingerprint density at radius 2 is 1.75 bits per heavy atom. The van der Waals surface area contributed by atoms with Crippen LogP contribution in [0.3, 0.4) is 0 Å². The van der Waals surface area contributed by atoms with Gasteiger partial charge in [0.25, 0.3) is 5.78 Å². The molecule has 140 valence electrons. The zero-order valence-corrected chi connectivity index (χ0v) is 15.3. The lowest BCUT2D eigenvalue weighted by Crippen LogP contribution is -2.29. The zero-order valence-electron chi connectivity index (χ0n) is 15.3. The van der Waals surface area contributed by atoms with Gasteiger partial charge >= 0.3 is 5.91 Å². The summed E-state index contributed by atoms with van der Waals surface area (Å²) in [6.07, 6.45) is 3.13. The topological polar surface area (TPSA) is 96.5 Å². The van der Waals surface area contributed by atoms with Gasteiger partial charge in [0.05, 0.1) is 11.6 Å². The number of carbonyl (C=O) groups excluding carboxylic acids is 2. The Balaban J connectivity index is 1.93. The Kier molecular flexibility index (Phi) is 4.27. The second kappa shape index (κ2) is 6.77. The first-order valence-corrected chi connectivity index (χ1v) is 8.68. The standard InChI is InChI=1S/C21H17N3O4/c1-12-3-5-15(6-4-12)19(25)17-18(14-7-9-22-10-8-14)24(21(27)20(17)26)16-11-13(2)28-23-16/h3-11,18,25H,1-2H3/t18-/m0/s1. The van der Waals surface area contributed by atoms with Gasteiger partial charge in [0.2, 0.25) is 0 Å². The highest BCUT2D eigenvalue weighted by Gasteiger charge is 2.48. The van der Waals surface area contributed by atoms with Gasteiger partial charge in [0.15, 0.2) is 5.82 Å². The lowest BCUT2D eigenvalue weighted by molar-refractivity contribution is -0.132. The maximum atomic E-state index is 12.9. The molecule has 1 aromatic carbocycles. The van der Waals surface area contributed by atoms with Crippen molar-refractivity contribution in [2.24, 2.45) is 0 Å². The highest BCUT2D eigenvalue weighted by molar-refractivity contribution is 6.51. The van der Waals surface area contributed by atoms with Crippen LogP contribution in [0.25, 0.3) is 5.76 Å². The van der Waals surface area contributed by atoms with Crippen LogP contribution in [0.15, 0.2) is 65.0 Å². The van der Waals surface area contributed by atoms with E-state index in [0.717, 1.165) is 5.56 Å². The summed E-state index contributed by atoms with van der Waals surface area (Å²) in [5.74, 6) is -1.07. The molecule has 1 amide bonds. The highest BCUT2D eigenvalue weighted by Crippen LogP contribution is 2.41. The largest absolute Gasteiger partial charge is 0.507 e. The first-order valence-electron chi connectivity index (χ1n) is 8.68. The molecular formula is C21H17N3O4. The van der Waals surface area contributed by atoms with Crippen molar-refractivity contribution in [3.63, 3.8) is 0 Å². The van der Waals surface area contributed by atoms with Crippen LogP contribution in [0, 0.1) is 13.8 Å². The summed E-state index contributed by atoms with van der Waals surface area (Å²) in [5, 5.41) is 14.8. The molecule has 1 saturated heterocycles. The van der Waals surface area contributed by atoms with E-state index in [1.165, 1.54) is 4.90 Å². The fourth-order valence-corrected chi connectivity index (χ4v) is 3.26. The van der Waals surface area contributed by atoms with Crippen molar-refractivity contribution >= 4 is 23.3 Å². The number of hydrogen-bond acceptors (Lipinski definition) is 6. The first kappa shape index (κ1) is 17.7. The Morgan fingerprint density at radius 3 is 2.36 bits per heavy atom. The molecule has 0 spiro atoms. The molecule has 0 unspecified atom stereocenters. The summed E-state index contributed by atoms with van der Waals surface area (Å²) in [5.41, 5.74) is 2.10. The number of aromatic nitrogens is 2. The lowest BCUT2D eigenvalue weighted by Gasteiger charge is -2.22. The van der Waals surface area contributed by atoms with Crippen molar-refractivity contribution in [1.29, 1.82) is 0 Å². The van der Waals surface area contributed by atoms with Gasteiger partial charge in [-0.05, 0) is 31.5 Å². The van der Waals surface area contributed by atoms with E-state index in [4.69, 9.17) is 4.52 Å². The average molecular weight is 375 g/mol. The molecule has 3 aromatic rings. The van der Waals surface area contributed by atoms with Crippen LogP contribution in [0.2, 0.25) is 0 Å². The summed E-state index contributed by atoms with van der Waals surface area (Å²) in [7, 11) is 0. The Hall–Kier alpha value is -3.74. The van der Waals surface area contributed by atoms with Gasteiger partial charge in [0, 0.05) is 24.0 Å². The molecule has 2 aromatic heterocycles.